The minimum Gasteiger partial charge on any atom is -0.390 e. The molecule has 0 saturated heterocycles. The molecule has 0 aliphatic carbocycles. The second kappa shape index (κ2) is 4.27. The summed E-state index contributed by atoms with van der Waals surface area (Å²) >= 11 is 0. The number of aliphatic hydroxyl groups is 1. The number of fused-ring (bicyclic) bond motifs is 1. The third-order valence-electron chi connectivity index (χ3n) is 3.20. The summed E-state index contributed by atoms with van der Waals surface area (Å²) < 4.78 is 0. The molecule has 0 atom stereocenters. The monoisotopic (exact) mass is 238 g/mol. The zero-order chi connectivity index (χ0) is 12.5. The molecule has 0 saturated carbocycles. The minimum absolute atomic E-state index is 0.0171. The zero-order valence-electron chi connectivity index (χ0n) is 10.1. The van der Waals surface area contributed by atoms with E-state index in [0.717, 1.165) is 17.1 Å². The van der Waals surface area contributed by atoms with Crippen LogP contribution in [0.3, 0.4) is 0 Å². The van der Waals surface area contributed by atoms with E-state index >= 15 is 0 Å². The van der Waals surface area contributed by atoms with Gasteiger partial charge in [-0.15, -0.1) is 0 Å². The first kappa shape index (κ1) is 11.0. The molecule has 3 heteroatoms. The summed E-state index contributed by atoms with van der Waals surface area (Å²) in [4.78, 5) is 7.45. The molecule has 0 radical (unpaired) electrons. The second-order valence-corrected chi connectivity index (χ2v) is 4.39. The van der Waals surface area contributed by atoms with Crippen molar-refractivity contribution in [1.82, 2.24) is 9.97 Å². The Morgan fingerprint density at radius 2 is 1.89 bits per heavy atom. The first-order chi connectivity index (χ1) is 8.79. The maximum atomic E-state index is 9.08. The van der Waals surface area contributed by atoms with Crippen LogP contribution >= 0.6 is 0 Å². The number of H-pyrrole nitrogens is 1. The number of nitrogens with one attached hydrogen (secondary N) is 1. The van der Waals surface area contributed by atoms with E-state index in [1.807, 2.05) is 12.1 Å². The summed E-state index contributed by atoms with van der Waals surface area (Å²) in [5.74, 6) is 0.801. The molecule has 1 heterocycles. The molecular weight excluding hydrogens is 224 g/mol. The third kappa shape index (κ3) is 1.69. The lowest BCUT2D eigenvalue weighted by Crippen LogP contribution is -1.87. The molecule has 0 bridgehead atoms. The standard InChI is InChI=1S/C15H14N2O/c1-10-6-7-14(13-5-3-2-4-12(10)13)15-16-8-11(9-18)17-15/h2-8,18H,9H2,1H3,(H,16,17). The van der Waals surface area contributed by atoms with Crippen LogP contribution in [0.1, 0.15) is 11.3 Å². The molecule has 90 valence electrons. The van der Waals surface area contributed by atoms with Crippen molar-refractivity contribution in [3.05, 3.63) is 53.9 Å². The van der Waals surface area contributed by atoms with Gasteiger partial charge in [0.15, 0.2) is 0 Å². The van der Waals surface area contributed by atoms with Crippen molar-refractivity contribution in [3.63, 3.8) is 0 Å². The van der Waals surface area contributed by atoms with Crippen LogP contribution in [-0.2, 0) is 6.61 Å². The number of aromatic amines is 1. The summed E-state index contributed by atoms with van der Waals surface area (Å²) in [7, 11) is 0. The van der Waals surface area contributed by atoms with Crippen LogP contribution in [0.25, 0.3) is 22.2 Å². The highest BCUT2D eigenvalue weighted by atomic mass is 16.3. The number of aryl methyl sites for hydroxylation is 1. The zero-order valence-corrected chi connectivity index (χ0v) is 10.1. The molecule has 18 heavy (non-hydrogen) atoms. The number of hydrogen-bond donors (Lipinski definition) is 2. The smallest absolute Gasteiger partial charge is 0.138 e. The Morgan fingerprint density at radius 3 is 2.61 bits per heavy atom. The molecule has 3 aromatic rings. The highest BCUT2D eigenvalue weighted by Gasteiger charge is 2.08. The van der Waals surface area contributed by atoms with E-state index in [2.05, 4.69) is 41.2 Å². The minimum atomic E-state index is -0.0171. The van der Waals surface area contributed by atoms with Crippen molar-refractivity contribution in [2.75, 3.05) is 0 Å². The predicted molar refractivity (Wildman–Crippen MR) is 72.2 cm³/mol. The largest absolute Gasteiger partial charge is 0.390 e. The van der Waals surface area contributed by atoms with Crippen molar-refractivity contribution in [2.24, 2.45) is 0 Å². The molecule has 1 aromatic heterocycles. The summed E-state index contributed by atoms with van der Waals surface area (Å²) in [5.41, 5.74) is 3.05. The highest BCUT2D eigenvalue weighted by Crippen LogP contribution is 2.28. The molecule has 0 fully saturated rings. The number of imidazole rings is 1. The van der Waals surface area contributed by atoms with Gasteiger partial charge < -0.3 is 10.1 Å². The molecule has 2 N–H and O–H groups in total. The fraction of sp³-hybridized carbons (Fsp3) is 0.133. The molecule has 0 aliphatic heterocycles. The van der Waals surface area contributed by atoms with Crippen molar-refractivity contribution < 1.29 is 5.11 Å². The van der Waals surface area contributed by atoms with E-state index in [0.29, 0.717) is 0 Å². The Bertz CT molecular complexity index is 701. The van der Waals surface area contributed by atoms with E-state index in [1.54, 1.807) is 6.20 Å². The van der Waals surface area contributed by atoms with Crippen LogP contribution in [0.2, 0.25) is 0 Å². The van der Waals surface area contributed by atoms with Crippen LogP contribution in [0.5, 0.6) is 0 Å². The third-order valence-corrected chi connectivity index (χ3v) is 3.20. The molecular formula is C15H14N2O. The summed E-state index contributed by atoms with van der Waals surface area (Å²) in [5, 5.41) is 11.5. The van der Waals surface area contributed by atoms with E-state index in [-0.39, 0.29) is 6.61 Å². The highest BCUT2D eigenvalue weighted by molar-refractivity contribution is 5.97. The van der Waals surface area contributed by atoms with Crippen LogP contribution in [-0.4, -0.2) is 15.1 Å². The summed E-state index contributed by atoms with van der Waals surface area (Å²) in [6.07, 6.45) is 1.67. The van der Waals surface area contributed by atoms with Crippen molar-refractivity contribution in [3.8, 4) is 11.4 Å². The van der Waals surface area contributed by atoms with E-state index in [1.165, 1.54) is 16.3 Å². The Kier molecular flexibility index (Phi) is 2.61. The number of rotatable bonds is 2. The first-order valence-corrected chi connectivity index (χ1v) is 5.93. The van der Waals surface area contributed by atoms with Gasteiger partial charge in [0.25, 0.3) is 0 Å². The summed E-state index contributed by atoms with van der Waals surface area (Å²) in [6, 6.07) is 12.4. The van der Waals surface area contributed by atoms with Crippen molar-refractivity contribution in [2.45, 2.75) is 13.5 Å². The van der Waals surface area contributed by atoms with Gasteiger partial charge in [0.05, 0.1) is 18.5 Å². The number of aliphatic hydroxyl groups excluding tert-OH is 1. The van der Waals surface area contributed by atoms with Crippen LogP contribution in [0, 0.1) is 6.92 Å². The Morgan fingerprint density at radius 1 is 1.11 bits per heavy atom. The van der Waals surface area contributed by atoms with Gasteiger partial charge in [-0.25, -0.2) is 4.98 Å². The van der Waals surface area contributed by atoms with Crippen LogP contribution in [0.15, 0.2) is 42.6 Å². The second-order valence-electron chi connectivity index (χ2n) is 4.39. The molecule has 3 nitrogen and oxygen atoms in total. The topological polar surface area (TPSA) is 48.9 Å². The van der Waals surface area contributed by atoms with Gasteiger partial charge in [-0.05, 0) is 23.3 Å². The van der Waals surface area contributed by atoms with Gasteiger partial charge in [0.1, 0.15) is 5.82 Å². The Hall–Kier alpha value is -2.13. The first-order valence-electron chi connectivity index (χ1n) is 5.93. The fourth-order valence-corrected chi connectivity index (χ4v) is 2.23. The maximum absolute atomic E-state index is 9.08. The molecule has 0 unspecified atom stereocenters. The molecule has 0 amide bonds. The maximum Gasteiger partial charge on any atom is 0.138 e. The lowest BCUT2D eigenvalue weighted by Gasteiger charge is -2.06. The number of nitrogens with zero attached hydrogens (tertiary/aromatic N) is 1. The van der Waals surface area contributed by atoms with Gasteiger partial charge in [0, 0.05) is 5.56 Å². The number of aromatic nitrogens is 2. The summed E-state index contributed by atoms with van der Waals surface area (Å²) in [6.45, 7) is 2.09. The molecule has 2 aromatic carbocycles. The van der Waals surface area contributed by atoms with Gasteiger partial charge in [-0.1, -0.05) is 36.4 Å². The quantitative estimate of drug-likeness (QED) is 0.721. The Balaban J connectivity index is 2.26. The molecule has 0 spiro atoms. The Labute approximate surface area is 105 Å². The number of hydrogen-bond acceptors (Lipinski definition) is 2. The average Bonchev–Trinajstić information content (AvgIpc) is 2.88. The van der Waals surface area contributed by atoms with Gasteiger partial charge in [0.2, 0.25) is 0 Å². The van der Waals surface area contributed by atoms with Crippen molar-refractivity contribution in [1.29, 1.82) is 0 Å². The van der Waals surface area contributed by atoms with Gasteiger partial charge in [-0.2, -0.15) is 0 Å². The van der Waals surface area contributed by atoms with Crippen molar-refractivity contribution >= 4 is 10.8 Å². The van der Waals surface area contributed by atoms with Gasteiger partial charge in [-0.3, -0.25) is 0 Å². The SMILES string of the molecule is Cc1ccc(-c2ncc(CO)[nH]2)c2ccccc12. The fourth-order valence-electron chi connectivity index (χ4n) is 2.23. The average molecular weight is 238 g/mol. The van der Waals surface area contributed by atoms with Gasteiger partial charge >= 0.3 is 0 Å². The van der Waals surface area contributed by atoms with E-state index < -0.39 is 0 Å². The molecule has 0 aliphatic rings. The van der Waals surface area contributed by atoms with E-state index in [4.69, 9.17) is 5.11 Å². The van der Waals surface area contributed by atoms with E-state index in [9.17, 15) is 0 Å². The normalized spacial score (nSPS) is 11.0. The predicted octanol–water partition coefficient (Wildman–Crippen LogP) is 3.03. The lowest BCUT2D eigenvalue weighted by atomic mass is 10.00. The lowest BCUT2D eigenvalue weighted by molar-refractivity contribution is 0.277. The van der Waals surface area contributed by atoms with Crippen LogP contribution in [0.4, 0.5) is 0 Å². The number of benzene rings is 2. The van der Waals surface area contributed by atoms with Crippen LogP contribution < -0.4 is 0 Å². The molecule has 3 rings (SSSR count).